The Bertz CT molecular complexity index is 697. The molecule has 3 aromatic heterocycles. The lowest BCUT2D eigenvalue weighted by molar-refractivity contribution is 1.07. The van der Waals surface area contributed by atoms with Crippen LogP contribution in [0.2, 0.25) is 0 Å². The molecule has 0 bridgehead atoms. The van der Waals surface area contributed by atoms with Crippen molar-refractivity contribution >= 4 is 16.8 Å². The zero-order valence-corrected chi connectivity index (χ0v) is 9.52. The van der Waals surface area contributed by atoms with Gasteiger partial charge in [0.2, 0.25) is 0 Å². The lowest BCUT2D eigenvalue weighted by atomic mass is 10.3. The molecule has 3 rings (SSSR count). The summed E-state index contributed by atoms with van der Waals surface area (Å²) in [6.45, 7) is 6.05. The summed E-state index contributed by atoms with van der Waals surface area (Å²) in [6.07, 6.45) is 1.79. The maximum atomic E-state index is 4.52. The Balaban J connectivity index is 2.67. The van der Waals surface area contributed by atoms with Gasteiger partial charge in [0, 0.05) is 11.9 Å². The van der Waals surface area contributed by atoms with E-state index in [1.807, 2.05) is 26.0 Å². The summed E-state index contributed by atoms with van der Waals surface area (Å²) in [6, 6.07) is 3.88. The van der Waals surface area contributed by atoms with E-state index in [4.69, 9.17) is 0 Å². The second kappa shape index (κ2) is 3.01. The minimum absolute atomic E-state index is 0.876. The third-order valence-corrected chi connectivity index (χ3v) is 2.93. The van der Waals surface area contributed by atoms with Crippen LogP contribution in [0.5, 0.6) is 0 Å². The van der Waals surface area contributed by atoms with E-state index in [1.165, 1.54) is 0 Å². The number of pyridine rings is 1. The molecule has 80 valence electrons. The molecule has 3 aromatic rings. The second-order valence-corrected chi connectivity index (χ2v) is 3.98. The van der Waals surface area contributed by atoms with Crippen molar-refractivity contribution in [2.75, 3.05) is 0 Å². The summed E-state index contributed by atoms with van der Waals surface area (Å²) in [4.78, 5) is 13.4. The summed E-state index contributed by atoms with van der Waals surface area (Å²) >= 11 is 0. The van der Waals surface area contributed by atoms with Gasteiger partial charge in [-0.25, -0.2) is 15.0 Å². The molecule has 0 atom stereocenters. The molecule has 0 unspecified atom stereocenters. The van der Waals surface area contributed by atoms with E-state index in [0.717, 1.165) is 33.9 Å². The molecular formula is C12H12N4. The standard InChI is InChI=1S/C12H12N4/c1-7-9(3)16-11(15-7)8(2)14-10-5-4-6-13-12(10)16/h4-6H,1-3H3. The molecule has 0 spiro atoms. The number of nitrogens with zero attached hydrogens (tertiary/aromatic N) is 4. The van der Waals surface area contributed by atoms with Gasteiger partial charge in [-0.3, -0.25) is 4.40 Å². The third-order valence-electron chi connectivity index (χ3n) is 2.93. The SMILES string of the molecule is Cc1nc2c(C)nc3cccnc3n2c1C. The molecule has 4 heteroatoms. The van der Waals surface area contributed by atoms with E-state index in [1.54, 1.807) is 6.20 Å². The number of hydrogen-bond donors (Lipinski definition) is 0. The fourth-order valence-corrected chi connectivity index (χ4v) is 1.99. The zero-order chi connectivity index (χ0) is 11.3. The molecule has 0 aromatic carbocycles. The van der Waals surface area contributed by atoms with Crippen molar-refractivity contribution in [3.05, 3.63) is 35.4 Å². The topological polar surface area (TPSA) is 43.1 Å². The van der Waals surface area contributed by atoms with Crippen LogP contribution in [0, 0.1) is 20.8 Å². The van der Waals surface area contributed by atoms with Gasteiger partial charge >= 0.3 is 0 Å². The number of aromatic nitrogens is 4. The molecule has 4 nitrogen and oxygen atoms in total. The first-order valence-corrected chi connectivity index (χ1v) is 5.25. The Kier molecular flexibility index (Phi) is 1.74. The minimum Gasteiger partial charge on any atom is -0.278 e. The van der Waals surface area contributed by atoms with E-state index in [9.17, 15) is 0 Å². The van der Waals surface area contributed by atoms with E-state index >= 15 is 0 Å². The molecule has 0 N–H and O–H groups in total. The van der Waals surface area contributed by atoms with E-state index in [0.29, 0.717) is 0 Å². The Morgan fingerprint density at radius 2 is 1.81 bits per heavy atom. The van der Waals surface area contributed by atoms with Gasteiger partial charge in [0.15, 0.2) is 11.3 Å². The van der Waals surface area contributed by atoms with Gasteiger partial charge in [-0.05, 0) is 32.9 Å². The van der Waals surface area contributed by atoms with E-state index in [-0.39, 0.29) is 0 Å². The third kappa shape index (κ3) is 1.07. The van der Waals surface area contributed by atoms with Gasteiger partial charge in [-0.2, -0.15) is 0 Å². The summed E-state index contributed by atoms with van der Waals surface area (Å²) < 4.78 is 2.08. The number of fused-ring (bicyclic) bond motifs is 3. The van der Waals surface area contributed by atoms with Crippen LogP contribution in [-0.2, 0) is 0 Å². The molecule has 0 amide bonds. The molecular weight excluding hydrogens is 200 g/mol. The highest BCUT2D eigenvalue weighted by molar-refractivity contribution is 5.75. The first-order valence-electron chi connectivity index (χ1n) is 5.25. The molecule has 0 saturated heterocycles. The van der Waals surface area contributed by atoms with Crippen LogP contribution in [0.25, 0.3) is 16.8 Å². The zero-order valence-electron chi connectivity index (χ0n) is 9.52. The largest absolute Gasteiger partial charge is 0.278 e. The Labute approximate surface area is 93.0 Å². The monoisotopic (exact) mass is 212 g/mol. The fraction of sp³-hybridized carbons (Fsp3) is 0.250. The predicted molar refractivity (Wildman–Crippen MR) is 62.5 cm³/mol. The van der Waals surface area contributed by atoms with Crippen molar-refractivity contribution in [2.45, 2.75) is 20.8 Å². The molecule has 0 fully saturated rings. The molecule has 0 radical (unpaired) electrons. The van der Waals surface area contributed by atoms with Gasteiger partial charge < -0.3 is 0 Å². The number of imidazole rings is 1. The van der Waals surface area contributed by atoms with Crippen LogP contribution in [0.15, 0.2) is 18.3 Å². The second-order valence-electron chi connectivity index (χ2n) is 3.98. The molecule has 16 heavy (non-hydrogen) atoms. The molecule has 3 heterocycles. The first kappa shape index (κ1) is 9.27. The number of rotatable bonds is 0. The summed E-state index contributed by atoms with van der Waals surface area (Å²) in [5.41, 5.74) is 5.79. The van der Waals surface area contributed by atoms with Crippen LogP contribution in [0.1, 0.15) is 17.1 Å². The highest BCUT2D eigenvalue weighted by Gasteiger charge is 2.11. The van der Waals surface area contributed by atoms with E-state index < -0.39 is 0 Å². The van der Waals surface area contributed by atoms with Crippen molar-refractivity contribution in [3.63, 3.8) is 0 Å². The van der Waals surface area contributed by atoms with Gasteiger partial charge in [-0.1, -0.05) is 0 Å². The first-order chi connectivity index (χ1) is 7.68. The van der Waals surface area contributed by atoms with Crippen molar-refractivity contribution in [1.29, 1.82) is 0 Å². The average molecular weight is 212 g/mol. The number of aryl methyl sites for hydroxylation is 3. The summed E-state index contributed by atoms with van der Waals surface area (Å²) in [5.74, 6) is 0. The maximum absolute atomic E-state index is 4.52. The summed E-state index contributed by atoms with van der Waals surface area (Å²) in [7, 11) is 0. The van der Waals surface area contributed by atoms with Crippen LogP contribution in [-0.4, -0.2) is 19.4 Å². The summed E-state index contributed by atoms with van der Waals surface area (Å²) in [5, 5.41) is 0. The number of hydrogen-bond acceptors (Lipinski definition) is 3. The average Bonchev–Trinajstić information content (AvgIpc) is 2.57. The maximum Gasteiger partial charge on any atom is 0.164 e. The van der Waals surface area contributed by atoms with Crippen molar-refractivity contribution in [2.24, 2.45) is 0 Å². The van der Waals surface area contributed by atoms with Crippen molar-refractivity contribution in [3.8, 4) is 0 Å². The predicted octanol–water partition coefficient (Wildman–Crippen LogP) is 2.20. The van der Waals surface area contributed by atoms with Gasteiger partial charge in [0.25, 0.3) is 0 Å². The van der Waals surface area contributed by atoms with Crippen LogP contribution < -0.4 is 0 Å². The fourth-order valence-electron chi connectivity index (χ4n) is 1.99. The van der Waals surface area contributed by atoms with E-state index in [2.05, 4.69) is 26.3 Å². The van der Waals surface area contributed by atoms with Crippen LogP contribution in [0.4, 0.5) is 0 Å². The van der Waals surface area contributed by atoms with Gasteiger partial charge in [0.1, 0.15) is 5.52 Å². The highest BCUT2D eigenvalue weighted by Crippen LogP contribution is 2.19. The molecule has 0 aliphatic heterocycles. The van der Waals surface area contributed by atoms with Crippen molar-refractivity contribution in [1.82, 2.24) is 19.4 Å². The Morgan fingerprint density at radius 1 is 1.00 bits per heavy atom. The van der Waals surface area contributed by atoms with Crippen LogP contribution >= 0.6 is 0 Å². The normalized spacial score (nSPS) is 11.4. The van der Waals surface area contributed by atoms with Gasteiger partial charge in [-0.15, -0.1) is 0 Å². The molecule has 0 aliphatic carbocycles. The Morgan fingerprint density at radius 3 is 2.62 bits per heavy atom. The Hall–Kier alpha value is -1.97. The smallest absolute Gasteiger partial charge is 0.164 e. The lowest BCUT2D eigenvalue weighted by Gasteiger charge is -2.04. The minimum atomic E-state index is 0.876. The highest BCUT2D eigenvalue weighted by atomic mass is 15.1. The quantitative estimate of drug-likeness (QED) is 0.573. The molecule has 0 saturated carbocycles. The van der Waals surface area contributed by atoms with Crippen LogP contribution in [0.3, 0.4) is 0 Å². The molecule has 0 aliphatic rings. The van der Waals surface area contributed by atoms with Crippen molar-refractivity contribution < 1.29 is 0 Å². The lowest BCUT2D eigenvalue weighted by Crippen LogP contribution is -1.98. The van der Waals surface area contributed by atoms with Gasteiger partial charge in [0.05, 0.1) is 11.4 Å².